The minimum atomic E-state index is -1.52. The predicted octanol–water partition coefficient (Wildman–Crippen LogP) is -1.98. The molecular weight excluding hydrogens is 308 g/mol. The number of hydrogen-bond acceptors (Lipinski definition) is 8. The summed E-state index contributed by atoms with van der Waals surface area (Å²) in [5.74, 6) is -0.497. The lowest BCUT2D eigenvalue weighted by Gasteiger charge is -2.43. The SMILES string of the molecule is C[C@]1(O)C=CC2=CCO[C@@H](O[C@@H]3O[C@H](CO)[C@@H](O)[C@H](O)[C@H]3O)[C@@H]21. The highest BCUT2D eigenvalue weighted by atomic mass is 16.8. The Morgan fingerprint density at radius 2 is 1.96 bits per heavy atom. The lowest BCUT2D eigenvalue weighted by atomic mass is 9.87. The van der Waals surface area contributed by atoms with Crippen molar-refractivity contribution >= 4 is 0 Å². The van der Waals surface area contributed by atoms with Gasteiger partial charge in [0.15, 0.2) is 12.6 Å². The summed E-state index contributed by atoms with van der Waals surface area (Å²) >= 11 is 0. The Balaban J connectivity index is 1.75. The molecule has 0 bridgehead atoms. The number of fused-ring (bicyclic) bond motifs is 1. The zero-order valence-corrected chi connectivity index (χ0v) is 12.6. The lowest BCUT2D eigenvalue weighted by molar-refractivity contribution is -0.346. The van der Waals surface area contributed by atoms with Crippen molar-refractivity contribution in [1.82, 2.24) is 0 Å². The molecule has 23 heavy (non-hydrogen) atoms. The van der Waals surface area contributed by atoms with Gasteiger partial charge in [-0.1, -0.05) is 18.2 Å². The van der Waals surface area contributed by atoms with Crippen molar-refractivity contribution in [3.05, 3.63) is 23.8 Å². The van der Waals surface area contributed by atoms with E-state index in [1.54, 1.807) is 19.1 Å². The molecule has 0 aromatic carbocycles. The molecule has 5 N–H and O–H groups in total. The molecule has 1 fully saturated rings. The molecule has 1 aliphatic carbocycles. The maximum atomic E-state index is 10.4. The van der Waals surface area contributed by atoms with Crippen molar-refractivity contribution in [2.45, 2.75) is 49.5 Å². The van der Waals surface area contributed by atoms with Crippen molar-refractivity contribution in [2.75, 3.05) is 13.2 Å². The summed E-state index contributed by atoms with van der Waals surface area (Å²) in [6, 6.07) is 0. The van der Waals surface area contributed by atoms with Crippen LogP contribution < -0.4 is 0 Å². The van der Waals surface area contributed by atoms with Gasteiger partial charge in [-0.05, 0) is 12.5 Å². The van der Waals surface area contributed by atoms with E-state index in [1.807, 2.05) is 6.08 Å². The highest BCUT2D eigenvalue weighted by molar-refractivity contribution is 5.36. The minimum Gasteiger partial charge on any atom is -0.394 e. The van der Waals surface area contributed by atoms with Gasteiger partial charge < -0.3 is 39.7 Å². The Morgan fingerprint density at radius 1 is 1.22 bits per heavy atom. The zero-order chi connectivity index (χ0) is 16.8. The van der Waals surface area contributed by atoms with Crippen LogP contribution in [0.15, 0.2) is 23.8 Å². The van der Waals surface area contributed by atoms with Crippen molar-refractivity contribution < 1.29 is 39.7 Å². The van der Waals surface area contributed by atoms with Crippen LogP contribution >= 0.6 is 0 Å². The Hall–Kier alpha value is -0.840. The maximum Gasteiger partial charge on any atom is 0.189 e. The van der Waals surface area contributed by atoms with Crippen LogP contribution in [0.2, 0.25) is 0 Å². The van der Waals surface area contributed by atoms with E-state index < -0.39 is 55.1 Å². The standard InChI is InChI=1S/C15H22O8/c1-15(20)4-2-7-3-5-21-13(9(7)15)23-14-12(19)11(18)10(17)8(6-16)22-14/h2-4,8-14,16-20H,5-6H2,1H3/t8-,9-,10-,11+,12-,13+,14+,15+/m1/s1. The minimum absolute atomic E-state index is 0.272. The van der Waals surface area contributed by atoms with Crippen LogP contribution in [0.25, 0.3) is 0 Å². The molecule has 2 aliphatic heterocycles. The fourth-order valence-electron chi connectivity index (χ4n) is 3.20. The molecule has 8 nitrogen and oxygen atoms in total. The summed E-state index contributed by atoms with van der Waals surface area (Å²) < 4.78 is 16.5. The summed E-state index contributed by atoms with van der Waals surface area (Å²) in [5.41, 5.74) is -0.318. The second kappa shape index (κ2) is 6.23. The molecule has 3 aliphatic rings. The van der Waals surface area contributed by atoms with Gasteiger partial charge in [-0.25, -0.2) is 0 Å². The third-order valence-electron chi connectivity index (χ3n) is 4.57. The predicted molar refractivity (Wildman–Crippen MR) is 75.9 cm³/mol. The van der Waals surface area contributed by atoms with E-state index in [0.29, 0.717) is 0 Å². The fourth-order valence-corrected chi connectivity index (χ4v) is 3.20. The number of rotatable bonds is 3. The number of hydrogen-bond donors (Lipinski definition) is 5. The van der Waals surface area contributed by atoms with Crippen molar-refractivity contribution in [1.29, 1.82) is 0 Å². The van der Waals surface area contributed by atoms with E-state index in [0.717, 1.165) is 5.57 Å². The van der Waals surface area contributed by atoms with Crippen molar-refractivity contribution in [3.8, 4) is 0 Å². The van der Waals surface area contributed by atoms with E-state index in [9.17, 15) is 25.5 Å². The third-order valence-corrected chi connectivity index (χ3v) is 4.57. The van der Waals surface area contributed by atoms with Crippen molar-refractivity contribution in [3.63, 3.8) is 0 Å². The van der Waals surface area contributed by atoms with E-state index >= 15 is 0 Å². The van der Waals surface area contributed by atoms with Gasteiger partial charge >= 0.3 is 0 Å². The first-order valence-corrected chi connectivity index (χ1v) is 7.54. The first-order chi connectivity index (χ1) is 10.8. The lowest BCUT2D eigenvalue weighted by Crippen LogP contribution is -2.60. The number of aliphatic hydroxyl groups is 5. The molecule has 0 spiro atoms. The maximum absolute atomic E-state index is 10.4. The molecule has 8 atom stereocenters. The second-order valence-electron chi connectivity index (χ2n) is 6.28. The summed E-state index contributed by atoms with van der Waals surface area (Å²) in [6.45, 7) is 1.35. The number of aliphatic hydroxyl groups excluding tert-OH is 4. The quantitative estimate of drug-likeness (QED) is 0.403. The summed E-state index contributed by atoms with van der Waals surface area (Å²) in [6.07, 6.45) is -2.48. The number of allylic oxidation sites excluding steroid dienone is 1. The molecule has 3 rings (SSSR count). The van der Waals surface area contributed by atoms with E-state index in [1.165, 1.54) is 0 Å². The van der Waals surface area contributed by atoms with Gasteiger partial charge in [-0.15, -0.1) is 0 Å². The van der Waals surface area contributed by atoms with Crippen LogP contribution in [0, 0.1) is 5.92 Å². The summed E-state index contributed by atoms with van der Waals surface area (Å²) in [5, 5.41) is 49.2. The molecule has 8 heteroatoms. The van der Waals surface area contributed by atoms with Gasteiger partial charge in [-0.3, -0.25) is 0 Å². The topological polar surface area (TPSA) is 129 Å². The first-order valence-electron chi connectivity index (χ1n) is 7.54. The molecule has 0 unspecified atom stereocenters. The molecule has 0 aromatic rings. The molecule has 0 saturated carbocycles. The first kappa shape index (κ1) is 17.0. The van der Waals surface area contributed by atoms with Gasteiger partial charge in [0.05, 0.1) is 24.7 Å². The van der Waals surface area contributed by atoms with Gasteiger partial charge in [0.2, 0.25) is 0 Å². The second-order valence-corrected chi connectivity index (χ2v) is 6.28. The zero-order valence-electron chi connectivity index (χ0n) is 12.6. The van der Waals surface area contributed by atoms with Crippen LogP contribution in [0.5, 0.6) is 0 Å². The van der Waals surface area contributed by atoms with Crippen LogP contribution in [-0.2, 0) is 14.2 Å². The van der Waals surface area contributed by atoms with E-state index in [4.69, 9.17) is 14.2 Å². The average Bonchev–Trinajstić information content (AvgIpc) is 2.84. The van der Waals surface area contributed by atoms with Gasteiger partial charge in [0, 0.05) is 0 Å². The molecule has 2 heterocycles. The van der Waals surface area contributed by atoms with E-state index in [-0.39, 0.29) is 6.61 Å². The fraction of sp³-hybridized carbons (Fsp3) is 0.733. The van der Waals surface area contributed by atoms with Crippen LogP contribution in [-0.4, -0.2) is 81.3 Å². The Bertz CT molecular complexity index is 500. The summed E-state index contributed by atoms with van der Waals surface area (Å²) in [7, 11) is 0. The normalized spacial score (nSPS) is 49.8. The average molecular weight is 330 g/mol. The van der Waals surface area contributed by atoms with Crippen LogP contribution in [0.1, 0.15) is 6.92 Å². The third kappa shape index (κ3) is 2.97. The number of ether oxygens (including phenoxy) is 3. The van der Waals surface area contributed by atoms with Gasteiger partial charge in [0.25, 0.3) is 0 Å². The van der Waals surface area contributed by atoms with Gasteiger partial charge in [0.1, 0.15) is 24.4 Å². The molecule has 1 saturated heterocycles. The molecule has 0 aromatic heterocycles. The highest BCUT2D eigenvalue weighted by Crippen LogP contribution is 2.40. The monoisotopic (exact) mass is 330 g/mol. The van der Waals surface area contributed by atoms with Crippen molar-refractivity contribution in [2.24, 2.45) is 5.92 Å². The largest absolute Gasteiger partial charge is 0.394 e. The highest BCUT2D eigenvalue weighted by Gasteiger charge is 2.49. The summed E-state index contributed by atoms with van der Waals surface area (Å²) in [4.78, 5) is 0. The van der Waals surface area contributed by atoms with Gasteiger partial charge in [-0.2, -0.15) is 0 Å². The van der Waals surface area contributed by atoms with Crippen LogP contribution in [0.4, 0.5) is 0 Å². The molecular formula is C15H22O8. The Morgan fingerprint density at radius 3 is 2.65 bits per heavy atom. The van der Waals surface area contributed by atoms with Crippen LogP contribution in [0.3, 0.4) is 0 Å². The Kier molecular flexibility index (Phi) is 4.60. The van der Waals surface area contributed by atoms with E-state index in [2.05, 4.69) is 0 Å². The molecule has 0 amide bonds. The molecule has 130 valence electrons. The Labute approximate surface area is 133 Å². The molecule has 0 radical (unpaired) electrons. The smallest absolute Gasteiger partial charge is 0.189 e.